The fourth-order valence-electron chi connectivity index (χ4n) is 0.984. The molecule has 1 aromatic heterocycles. The Hall–Kier alpha value is -1.32. The lowest BCUT2D eigenvalue weighted by atomic mass is 10.6. The molecule has 0 spiro atoms. The first-order valence-corrected chi connectivity index (χ1v) is 3.33. The molecule has 0 unspecified atom stereocenters. The summed E-state index contributed by atoms with van der Waals surface area (Å²) in [6, 6.07) is 0.387. The van der Waals surface area contributed by atoms with E-state index in [1.165, 1.54) is 0 Å². The highest BCUT2D eigenvalue weighted by atomic mass is 16.5. The number of ether oxygens (including phenoxy) is 2. The Morgan fingerprint density at radius 1 is 1.18 bits per heavy atom. The van der Waals surface area contributed by atoms with Gasteiger partial charge in [0.2, 0.25) is 5.88 Å². The van der Waals surface area contributed by atoms with Gasteiger partial charge >= 0.3 is 6.01 Å². The Bertz CT molecular complexity index is 299. The maximum absolute atomic E-state index is 5.01. The van der Waals surface area contributed by atoms with Gasteiger partial charge in [0, 0.05) is 12.0 Å². The van der Waals surface area contributed by atoms with Crippen LogP contribution in [0.2, 0.25) is 0 Å². The lowest BCUT2D eigenvalue weighted by molar-refractivity contribution is 0.353. The minimum Gasteiger partial charge on any atom is -0.481 e. The first-order chi connectivity index (χ1) is 5.35. The monoisotopic (exact) mass is 152 g/mol. The van der Waals surface area contributed by atoms with Crippen molar-refractivity contribution in [1.29, 1.82) is 0 Å². The molecule has 1 aliphatic rings. The Morgan fingerprint density at radius 3 is 2.64 bits per heavy atom. The van der Waals surface area contributed by atoms with E-state index in [0.29, 0.717) is 11.9 Å². The largest absolute Gasteiger partial charge is 0.481 e. The molecule has 0 atom stereocenters. The van der Waals surface area contributed by atoms with E-state index in [1.807, 2.05) is 0 Å². The standard InChI is InChI=1S/C7H8N2O2/c1-10-6-4-3-5(4)8-7(9-6)11-2/h3H2,1-2H3. The first-order valence-electron chi connectivity index (χ1n) is 3.33. The molecule has 11 heavy (non-hydrogen) atoms. The van der Waals surface area contributed by atoms with E-state index in [0.717, 1.165) is 17.7 Å². The van der Waals surface area contributed by atoms with Crippen LogP contribution in [-0.4, -0.2) is 24.2 Å². The van der Waals surface area contributed by atoms with Gasteiger partial charge in [-0.05, 0) is 0 Å². The molecular formula is C7H8N2O2. The Morgan fingerprint density at radius 2 is 2.00 bits per heavy atom. The van der Waals surface area contributed by atoms with Crippen LogP contribution in [0.1, 0.15) is 11.3 Å². The molecule has 1 aromatic rings. The lowest BCUT2D eigenvalue weighted by Crippen LogP contribution is -1.93. The van der Waals surface area contributed by atoms with Crippen molar-refractivity contribution >= 4 is 0 Å². The molecule has 0 radical (unpaired) electrons. The van der Waals surface area contributed by atoms with Gasteiger partial charge in [-0.15, -0.1) is 0 Å². The lowest BCUT2D eigenvalue weighted by Gasteiger charge is -1.98. The minimum atomic E-state index is 0.387. The molecule has 0 saturated carbocycles. The number of aromatic nitrogens is 2. The number of hydrogen-bond acceptors (Lipinski definition) is 4. The third-order valence-electron chi connectivity index (χ3n) is 1.63. The summed E-state index contributed by atoms with van der Waals surface area (Å²) in [6.45, 7) is 0. The van der Waals surface area contributed by atoms with Gasteiger partial charge in [0.25, 0.3) is 0 Å². The molecule has 0 bridgehead atoms. The maximum Gasteiger partial charge on any atom is 0.319 e. The summed E-state index contributed by atoms with van der Waals surface area (Å²) in [4.78, 5) is 8.09. The van der Waals surface area contributed by atoms with Crippen LogP contribution in [0, 0.1) is 0 Å². The number of hydrogen-bond donors (Lipinski definition) is 0. The van der Waals surface area contributed by atoms with E-state index in [1.54, 1.807) is 14.2 Å². The topological polar surface area (TPSA) is 44.2 Å². The van der Waals surface area contributed by atoms with Gasteiger partial charge in [0.15, 0.2) is 0 Å². The highest BCUT2D eigenvalue weighted by molar-refractivity contribution is 5.47. The van der Waals surface area contributed by atoms with Gasteiger partial charge in [0.1, 0.15) is 0 Å². The Kier molecular flexibility index (Phi) is 1.21. The van der Waals surface area contributed by atoms with Crippen molar-refractivity contribution in [2.45, 2.75) is 6.42 Å². The molecule has 0 aliphatic heterocycles. The third-order valence-corrected chi connectivity index (χ3v) is 1.63. The molecule has 2 rings (SSSR count). The highest BCUT2D eigenvalue weighted by Crippen LogP contribution is 2.34. The van der Waals surface area contributed by atoms with Gasteiger partial charge in [-0.25, -0.2) is 0 Å². The number of nitrogens with zero attached hydrogens (tertiary/aromatic N) is 2. The van der Waals surface area contributed by atoms with E-state index in [9.17, 15) is 0 Å². The number of methoxy groups -OCH3 is 2. The van der Waals surface area contributed by atoms with Crippen molar-refractivity contribution in [2.75, 3.05) is 14.2 Å². The van der Waals surface area contributed by atoms with E-state index in [4.69, 9.17) is 9.47 Å². The molecule has 0 fully saturated rings. The average molecular weight is 152 g/mol. The Labute approximate surface area is 64.2 Å². The molecule has 0 N–H and O–H groups in total. The third kappa shape index (κ3) is 0.906. The molecule has 0 amide bonds. The summed E-state index contributed by atoms with van der Waals surface area (Å²) in [5.41, 5.74) is 2.14. The Balaban J connectivity index is 2.43. The van der Waals surface area contributed by atoms with Crippen molar-refractivity contribution < 1.29 is 9.47 Å². The number of rotatable bonds is 2. The van der Waals surface area contributed by atoms with E-state index in [-0.39, 0.29) is 0 Å². The van der Waals surface area contributed by atoms with Crippen molar-refractivity contribution in [1.82, 2.24) is 9.97 Å². The van der Waals surface area contributed by atoms with Crippen LogP contribution >= 0.6 is 0 Å². The van der Waals surface area contributed by atoms with Crippen LogP contribution < -0.4 is 9.47 Å². The average Bonchev–Trinajstić information content (AvgIpc) is 2.80. The van der Waals surface area contributed by atoms with Crippen LogP contribution in [0.3, 0.4) is 0 Å². The second-order valence-corrected chi connectivity index (χ2v) is 2.32. The fourth-order valence-corrected chi connectivity index (χ4v) is 0.984. The van der Waals surface area contributed by atoms with Gasteiger partial charge in [-0.3, -0.25) is 0 Å². The van der Waals surface area contributed by atoms with Crippen molar-refractivity contribution in [2.24, 2.45) is 0 Å². The minimum absolute atomic E-state index is 0.387. The molecule has 1 heterocycles. The zero-order chi connectivity index (χ0) is 7.84. The fraction of sp³-hybridized carbons (Fsp3) is 0.429. The van der Waals surface area contributed by atoms with Gasteiger partial charge in [0.05, 0.1) is 19.9 Å². The molecule has 1 aliphatic carbocycles. The van der Waals surface area contributed by atoms with Crippen molar-refractivity contribution in [3.63, 3.8) is 0 Å². The molecule has 0 saturated heterocycles. The zero-order valence-corrected chi connectivity index (χ0v) is 6.42. The van der Waals surface area contributed by atoms with Crippen LogP contribution in [-0.2, 0) is 6.42 Å². The summed E-state index contributed by atoms with van der Waals surface area (Å²) >= 11 is 0. The van der Waals surface area contributed by atoms with Gasteiger partial charge < -0.3 is 9.47 Å². The smallest absolute Gasteiger partial charge is 0.319 e. The van der Waals surface area contributed by atoms with Crippen LogP contribution in [0.25, 0.3) is 0 Å². The van der Waals surface area contributed by atoms with Crippen molar-refractivity contribution in [3.8, 4) is 11.9 Å². The second kappa shape index (κ2) is 2.08. The second-order valence-electron chi connectivity index (χ2n) is 2.32. The van der Waals surface area contributed by atoms with Crippen LogP contribution in [0.5, 0.6) is 11.9 Å². The summed E-state index contributed by atoms with van der Waals surface area (Å²) < 4.78 is 9.88. The van der Waals surface area contributed by atoms with Crippen LogP contribution in [0.4, 0.5) is 0 Å². The number of fused-ring (bicyclic) bond motifs is 1. The molecule has 4 nitrogen and oxygen atoms in total. The van der Waals surface area contributed by atoms with Gasteiger partial charge in [-0.1, -0.05) is 0 Å². The first kappa shape index (κ1) is 6.39. The molecular weight excluding hydrogens is 144 g/mol. The van der Waals surface area contributed by atoms with E-state index >= 15 is 0 Å². The quantitative estimate of drug-likeness (QED) is 0.624. The SMILES string of the molecule is COc1nc2c(c(OC)n1)C2. The van der Waals surface area contributed by atoms with Gasteiger partial charge in [-0.2, -0.15) is 9.97 Å². The highest BCUT2D eigenvalue weighted by Gasteiger charge is 2.26. The summed E-state index contributed by atoms with van der Waals surface area (Å²) in [6.07, 6.45) is 0.888. The summed E-state index contributed by atoms with van der Waals surface area (Å²) in [5.74, 6) is 0.645. The molecule has 4 heteroatoms. The van der Waals surface area contributed by atoms with E-state index < -0.39 is 0 Å². The van der Waals surface area contributed by atoms with E-state index in [2.05, 4.69) is 9.97 Å². The van der Waals surface area contributed by atoms with Crippen LogP contribution in [0.15, 0.2) is 0 Å². The summed E-state index contributed by atoms with van der Waals surface area (Å²) in [7, 11) is 3.14. The molecule has 0 aromatic carbocycles. The molecule has 58 valence electrons. The predicted octanol–water partition coefficient (Wildman–Crippen LogP) is 0.398. The van der Waals surface area contributed by atoms with Crippen molar-refractivity contribution in [3.05, 3.63) is 11.3 Å². The predicted molar refractivity (Wildman–Crippen MR) is 37.9 cm³/mol. The zero-order valence-electron chi connectivity index (χ0n) is 6.42. The summed E-state index contributed by atoms with van der Waals surface area (Å²) in [5, 5.41) is 0. The maximum atomic E-state index is 5.01. The normalized spacial score (nSPS) is 12.2.